The minimum Gasteiger partial charge on any atom is -0.484 e. The van der Waals surface area contributed by atoms with E-state index in [-0.39, 0.29) is 43.7 Å². The fraction of sp³-hybridized carbons (Fsp3) is 0.533. The summed E-state index contributed by atoms with van der Waals surface area (Å²) in [6.07, 6.45) is -5.13. The first-order chi connectivity index (χ1) is 11.6. The number of amides is 1. The maximum Gasteiger partial charge on any atom is 0.471 e. The average Bonchev–Trinajstić information content (AvgIpc) is 2.53. The lowest BCUT2D eigenvalue weighted by Gasteiger charge is -2.36. The van der Waals surface area contributed by atoms with Gasteiger partial charge < -0.3 is 14.5 Å². The summed E-state index contributed by atoms with van der Waals surface area (Å²) in [5.74, 6) is -1.73. The number of carbonyl (C=O) groups excluding carboxylic acids is 1. The number of halogens is 3. The number of benzene rings is 1. The SMILES string of the molecule is CC(C)Oc1ccc(N2CCN(C(=O)C(F)(F)F)CC2)cc1[N+](=O)[O-]. The van der Waals surface area contributed by atoms with Crippen molar-refractivity contribution in [2.24, 2.45) is 0 Å². The van der Waals surface area contributed by atoms with E-state index in [1.165, 1.54) is 12.1 Å². The molecule has 1 heterocycles. The summed E-state index contributed by atoms with van der Waals surface area (Å²) in [7, 11) is 0. The van der Waals surface area contributed by atoms with Crippen molar-refractivity contribution in [1.29, 1.82) is 0 Å². The van der Waals surface area contributed by atoms with Crippen LogP contribution in [0.15, 0.2) is 18.2 Å². The highest BCUT2D eigenvalue weighted by Gasteiger charge is 2.43. The number of nitro groups is 1. The van der Waals surface area contributed by atoms with Gasteiger partial charge >= 0.3 is 17.8 Å². The topological polar surface area (TPSA) is 75.9 Å². The van der Waals surface area contributed by atoms with Crippen molar-refractivity contribution in [1.82, 2.24) is 4.90 Å². The number of hydrogen-bond donors (Lipinski definition) is 0. The molecule has 0 atom stereocenters. The maximum atomic E-state index is 12.5. The van der Waals surface area contributed by atoms with Crippen LogP contribution in [0.25, 0.3) is 0 Å². The number of rotatable bonds is 4. The number of piperazine rings is 1. The number of anilines is 1. The van der Waals surface area contributed by atoms with Gasteiger partial charge in [-0.1, -0.05) is 0 Å². The summed E-state index contributed by atoms with van der Waals surface area (Å²) in [5, 5.41) is 11.2. The minimum atomic E-state index is -4.89. The molecule has 25 heavy (non-hydrogen) atoms. The van der Waals surface area contributed by atoms with Crippen LogP contribution < -0.4 is 9.64 Å². The first kappa shape index (κ1) is 18.8. The molecule has 0 aliphatic carbocycles. The molecule has 0 N–H and O–H groups in total. The molecule has 1 saturated heterocycles. The van der Waals surface area contributed by atoms with Crippen LogP contribution in [0.2, 0.25) is 0 Å². The highest BCUT2D eigenvalue weighted by atomic mass is 19.4. The third-order valence-corrected chi connectivity index (χ3v) is 3.68. The van der Waals surface area contributed by atoms with E-state index in [0.717, 1.165) is 4.90 Å². The van der Waals surface area contributed by atoms with Crippen LogP contribution in [0, 0.1) is 10.1 Å². The predicted octanol–water partition coefficient (Wildman–Crippen LogP) is 2.59. The number of nitro benzene ring substituents is 1. The molecule has 0 radical (unpaired) electrons. The second-order valence-corrected chi connectivity index (χ2v) is 5.85. The fourth-order valence-corrected chi connectivity index (χ4v) is 2.55. The van der Waals surface area contributed by atoms with Crippen molar-refractivity contribution in [2.45, 2.75) is 26.1 Å². The molecular weight excluding hydrogens is 343 g/mol. The second-order valence-electron chi connectivity index (χ2n) is 5.85. The Kier molecular flexibility index (Phi) is 5.39. The van der Waals surface area contributed by atoms with Gasteiger partial charge in [0.25, 0.3) is 0 Å². The monoisotopic (exact) mass is 361 g/mol. The maximum absolute atomic E-state index is 12.5. The van der Waals surface area contributed by atoms with Crippen LogP contribution in [0.5, 0.6) is 5.75 Å². The Bertz CT molecular complexity index is 656. The first-order valence-corrected chi connectivity index (χ1v) is 7.65. The van der Waals surface area contributed by atoms with Gasteiger partial charge in [-0.05, 0) is 26.0 Å². The summed E-state index contributed by atoms with van der Waals surface area (Å²) in [4.78, 5) is 24.3. The first-order valence-electron chi connectivity index (χ1n) is 7.65. The molecule has 1 aromatic rings. The van der Waals surface area contributed by atoms with Crippen molar-refractivity contribution in [3.63, 3.8) is 0 Å². The zero-order valence-electron chi connectivity index (χ0n) is 13.7. The largest absolute Gasteiger partial charge is 0.484 e. The lowest BCUT2D eigenvalue weighted by Crippen LogP contribution is -2.52. The molecule has 0 aromatic heterocycles. The molecule has 2 rings (SSSR count). The Labute approximate surface area is 142 Å². The van der Waals surface area contributed by atoms with Crippen molar-refractivity contribution in [3.05, 3.63) is 28.3 Å². The molecule has 7 nitrogen and oxygen atoms in total. The summed E-state index contributed by atoms with van der Waals surface area (Å²) >= 11 is 0. The van der Waals surface area contributed by atoms with E-state index in [9.17, 15) is 28.1 Å². The molecule has 1 aliphatic rings. The van der Waals surface area contributed by atoms with Gasteiger partial charge in [0.2, 0.25) is 0 Å². The van der Waals surface area contributed by atoms with Crippen LogP contribution in [0.3, 0.4) is 0 Å². The van der Waals surface area contributed by atoms with E-state index in [1.54, 1.807) is 24.8 Å². The third kappa shape index (κ3) is 4.52. The molecule has 0 saturated carbocycles. The van der Waals surface area contributed by atoms with Crippen LogP contribution in [-0.2, 0) is 4.79 Å². The highest BCUT2D eigenvalue weighted by Crippen LogP contribution is 2.33. The van der Waals surface area contributed by atoms with Crippen molar-refractivity contribution >= 4 is 17.3 Å². The van der Waals surface area contributed by atoms with Crippen LogP contribution in [0.1, 0.15) is 13.8 Å². The molecule has 0 bridgehead atoms. The molecular formula is C15H18F3N3O4. The zero-order chi connectivity index (χ0) is 18.8. The van der Waals surface area contributed by atoms with Crippen molar-refractivity contribution < 1.29 is 27.6 Å². The van der Waals surface area contributed by atoms with Crippen LogP contribution in [0.4, 0.5) is 24.5 Å². The molecule has 0 spiro atoms. The number of nitrogens with zero attached hydrogens (tertiary/aromatic N) is 3. The van der Waals surface area contributed by atoms with Gasteiger partial charge in [-0.2, -0.15) is 13.2 Å². The lowest BCUT2D eigenvalue weighted by molar-refractivity contribution is -0.386. The Morgan fingerprint density at radius 2 is 1.84 bits per heavy atom. The van der Waals surface area contributed by atoms with Gasteiger partial charge in [0.1, 0.15) is 0 Å². The summed E-state index contributed by atoms with van der Waals surface area (Å²) < 4.78 is 42.7. The van der Waals surface area contributed by atoms with Gasteiger partial charge in [-0.3, -0.25) is 14.9 Å². The summed E-state index contributed by atoms with van der Waals surface area (Å²) in [6.45, 7) is 3.60. The summed E-state index contributed by atoms with van der Waals surface area (Å²) in [5.41, 5.74) is 0.293. The van der Waals surface area contributed by atoms with Gasteiger partial charge in [-0.15, -0.1) is 0 Å². The molecule has 1 aliphatic heterocycles. The van der Waals surface area contributed by atoms with E-state index in [4.69, 9.17) is 4.74 Å². The third-order valence-electron chi connectivity index (χ3n) is 3.68. The average molecular weight is 361 g/mol. The van der Waals surface area contributed by atoms with Crippen LogP contribution >= 0.6 is 0 Å². The van der Waals surface area contributed by atoms with Gasteiger partial charge in [0.15, 0.2) is 5.75 Å². The van der Waals surface area contributed by atoms with Crippen molar-refractivity contribution in [2.75, 3.05) is 31.1 Å². The highest BCUT2D eigenvalue weighted by molar-refractivity contribution is 5.82. The quantitative estimate of drug-likeness (QED) is 0.609. The normalized spacial score (nSPS) is 15.4. The minimum absolute atomic E-state index is 0.101. The number of ether oxygens (including phenoxy) is 1. The Hall–Kier alpha value is -2.52. The lowest BCUT2D eigenvalue weighted by atomic mass is 10.2. The van der Waals surface area contributed by atoms with E-state index in [0.29, 0.717) is 5.69 Å². The zero-order valence-corrected chi connectivity index (χ0v) is 13.7. The van der Waals surface area contributed by atoms with E-state index < -0.39 is 17.0 Å². The number of alkyl halides is 3. The van der Waals surface area contributed by atoms with Gasteiger partial charge in [0, 0.05) is 37.9 Å². The number of hydrogen-bond acceptors (Lipinski definition) is 5. The number of carbonyl (C=O) groups is 1. The Morgan fingerprint density at radius 1 is 1.24 bits per heavy atom. The molecule has 10 heteroatoms. The Balaban J connectivity index is 2.12. The molecule has 138 valence electrons. The van der Waals surface area contributed by atoms with Gasteiger partial charge in [0.05, 0.1) is 11.0 Å². The molecule has 1 fully saturated rings. The molecule has 0 unspecified atom stereocenters. The van der Waals surface area contributed by atoms with Crippen LogP contribution in [-0.4, -0.2) is 54.2 Å². The van der Waals surface area contributed by atoms with E-state index in [1.807, 2.05) is 0 Å². The fourth-order valence-electron chi connectivity index (χ4n) is 2.55. The second kappa shape index (κ2) is 7.16. The predicted molar refractivity (Wildman–Crippen MR) is 83.7 cm³/mol. The van der Waals surface area contributed by atoms with E-state index >= 15 is 0 Å². The van der Waals surface area contributed by atoms with Gasteiger partial charge in [-0.25, -0.2) is 0 Å². The molecule has 1 amide bonds. The van der Waals surface area contributed by atoms with E-state index in [2.05, 4.69) is 0 Å². The smallest absolute Gasteiger partial charge is 0.471 e. The van der Waals surface area contributed by atoms with Crippen molar-refractivity contribution in [3.8, 4) is 5.75 Å². The Morgan fingerprint density at radius 3 is 2.32 bits per heavy atom. The standard InChI is InChI=1S/C15H18F3N3O4/c1-10(2)25-13-4-3-11(9-12(13)21(23)24)19-5-7-20(8-6-19)14(22)15(16,17)18/h3-4,9-10H,5-8H2,1-2H3. The summed E-state index contributed by atoms with van der Waals surface area (Å²) in [6, 6.07) is 4.42. The molecule has 1 aromatic carbocycles.